The second kappa shape index (κ2) is 14.4. The molecule has 10 heteroatoms. The maximum absolute atomic E-state index is 14.1. The molecule has 0 aromatic heterocycles. The monoisotopic (exact) mass is 599 g/mol. The number of ether oxygens (including phenoxy) is 1. The number of benzene rings is 3. The summed E-state index contributed by atoms with van der Waals surface area (Å²) in [5.74, 6) is -0.318. The number of sulfonamides is 1. The smallest absolute Gasteiger partial charge is 0.264 e. The van der Waals surface area contributed by atoms with Gasteiger partial charge in [0.15, 0.2) is 0 Å². The van der Waals surface area contributed by atoms with Crippen molar-refractivity contribution in [3.8, 4) is 5.75 Å². The molecule has 2 amide bonds. The van der Waals surface area contributed by atoms with E-state index in [0.717, 1.165) is 15.4 Å². The third-order valence-electron chi connectivity index (χ3n) is 6.57. The number of hydrogen-bond acceptors (Lipinski definition) is 5. The fourth-order valence-electron chi connectivity index (χ4n) is 4.19. The van der Waals surface area contributed by atoms with Crippen molar-refractivity contribution in [2.75, 3.05) is 24.0 Å². The first-order valence-corrected chi connectivity index (χ1v) is 15.4. The predicted octanol–water partition coefficient (Wildman–Crippen LogP) is 5.43. The summed E-state index contributed by atoms with van der Waals surface area (Å²) in [6.45, 7) is 9.66. The number of amides is 2. The van der Waals surface area contributed by atoms with E-state index in [1.165, 1.54) is 29.2 Å². The molecule has 0 spiro atoms. The van der Waals surface area contributed by atoms with E-state index in [0.29, 0.717) is 23.9 Å². The summed E-state index contributed by atoms with van der Waals surface area (Å²) in [5.41, 5.74) is 2.02. The van der Waals surface area contributed by atoms with Crippen molar-refractivity contribution in [3.05, 3.63) is 88.9 Å². The second-order valence-electron chi connectivity index (χ2n) is 10.1. The molecule has 0 aliphatic rings. The topological polar surface area (TPSA) is 96.0 Å². The van der Waals surface area contributed by atoms with Crippen molar-refractivity contribution in [3.63, 3.8) is 0 Å². The standard InChI is InChI=1S/C31H38ClN3O5S/c1-6-40-29-14-10-9-13-28(29)35(41(38,39)27-17-15-26(32)16-18-27)21-30(36)34(20-25-12-8-7-11-23(25)4)24(5)31(37)33-19-22(2)3/h7-18,22,24H,6,19-21H2,1-5H3,(H,33,37)/t24-/m1/s1. The summed E-state index contributed by atoms with van der Waals surface area (Å²) >= 11 is 6.02. The number of rotatable bonds is 13. The van der Waals surface area contributed by atoms with Gasteiger partial charge in [-0.25, -0.2) is 8.42 Å². The number of nitrogens with zero attached hydrogens (tertiary/aromatic N) is 2. The van der Waals surface area contributed by atoms with Gasteiger partial charge in [-0.2, -0.15) is 0 Å². The zero-order valence-corrected chi connectivity index (χ0v) is 25.7. The van der Waals surface area contributed by atoms with Gasteiger partial charge in [0.2, 0.25) is 11.8 Å². The summed E-state index contributed by atoms with van der Waals surface area (Å²) in [7, 11) is -4.24. The molecule has 3 aromatic rings. The fourth-order valence-corrected chi connectivity index (χ4v) is 5.74. The minimum absolute atomic E-state index is 0.0332. The van der Waals surface area contributed by atoms with Gasteiger partial charge in [-0.1, -0.05) is 61.8 Å². The fraction of sp³-hybridized carbons (Fsp3) is 0.355. The van der Waals surface area contributed by atoms with Crippen LogP contribution in [0.15, 0.2) is 77.7 Å². The van der Waals surface area contributed by atoms with Crippen LogP contribution in [0.1, 0.15) is 38.8 Å². The van der Waals surface area contributed by atoms with Crippen LogP contribution in [0.2, 0.25) is 5.02 Å². The molecule has 0 fully saturated rings. The van der Waals surface area contributed by atoms with Gasteiger partial charge in [-0.15, -0.1) is 0 Å². The van der Waals surface area contributed by atoms with Crippen molar-refractivity contribution in [2.45, 2.75) is 52.1 Å². The minimum atomic E-state index is -4.24. The lowest BCUT2D eigenvalue weighted by Crippen LogP contribution is -2.51. The Morgan fingerprint density at radius 1 is 0.951 bits per heavy atom. The lowest BCUT2D eigenvalue weighted by molar-refractivity contribution is -0.139. The Bertz CT molecular complexity index is 1440. The van der Waals surface area contributed by atoms with Crippen molar-refractivity contribution in [1.29, 1.82) is 0 Å². The Balaban J connectivity index is 2.07. The van der Waals surface area contributed by atoms with Gasteiger partial charge >= 0.3 is 0 Å². The zero-order valence-electron chi connectivity index (χ0n) is 24.1. The van der Waals surface area contributed by atoms with Gasteiger partial charge in [0, 0.05) is 18.1 Å². The Kier molecular flexibility index (Phi) is 11.2. The van der Waals surface area contributed by atoms with Crippen LogP contribution < -0.4 is 14.4 Å². The maximum atomic E-state index is 14.1. The Morgan fingerprint density at radius 3 is 2.22 bits per heavy atom. The summed E-state index contributed by atoms with van der Waals surface area (Å²) in [4.78, 5) is 28.6. The van der Waals surface area contributed by atoms with Crippen LogP contribution in [0.3, 0.4) is 0 Å². The third kappa shape index (κ3) is 8.24. The zero-order chi connectivity index (χ0) is 30.2. The highest BCUT2D eigenvalue weighted by Crippen LogP contribution is 2.33. The Morgan fingerprint density at radius 2 is 1.59 bits per heavy atom. The Hall–Kier alpha value is -3.56. The molecule has 0 unspecified atom stereocenters. The SMILES string of the molecule is CCOc1ccccc1N(CC(=O)N(Cc1ccccc1C)[C@H](C)C(=O)NCC(C)C)S(=O)(=O)c1ccc(Cl)cc1. The molecule has 3 rings (SSSR count). The molecule has 0 heterocycles. The number of anilines is 1. The summed E-state index contributed by atoms with van der Waals surface area (Å²) in [5, 5.41) is 3.27. The van der Waals surface area contributed by atoms with Crippen LogP contribution in [0, 0.1) is 12.8 Å². The van der Waals surface area contributed by atoms with E-state index >= 15 is 0 Å². The van der Waals surface area contributed by atoms with Crippen LogP contribution in [0.4, 0.5) is 5.69 Å². The molecular formula is C31H38ClN3O5S. The van der Waals surface area contributed by atoms with E-state index in [-0.39, 0.29) is 29.0 Å². The lowest BCUT2D eigenvalue weighted by Gasteiger charge is -2.32. The second-order valence-corrected chi connectivity index (χ2v) is 12.4. The van der Waals surface area contributed by atoms with Crippen LogP contribution in [0.5, 0.6) is 5.75 Å². The number of halogens is 1. The first-order valence-electron chi connectivity index (χ1n) is 13.6. The van der Waals surface area contributed by atoms with Crippen LogP contribution >= 0.6 is 11.6 Å². The molecule has 0 radical (unpaired) electrons. The highest BCUT2D eigenvalue weighted by molar-refractivity contribution is 7.92. The first-order chi connectivity index (χ1) is 19.4. The number of para-hydroxylation sites is 2. The van der Waals surface area contributed by atoms with Crippen molar-refractivity contribution >= 4 is 39.1 Å². The van der Waals surface area contributed by atoms with Gasteiger partial charge in [-0.3, -0.25) is 13.9 Å². The summed E-state index contributed by atoms with van der Waals surface area (Å²) < 4.78 is 34.8. The molecule has 3 aromatic carbocycles. The van der Waals surface area contributed by atoms with Crippen molar-refractivity contribution in [1.82, 2.24) is 10.2 Å². The van der Waals surface area contributed by atoms with Crippen molar-refractivity contribution < 1.29 is 22.7 Å². The van der Waals surface area contributed by atoms with Gasteiger partial charge in [0.1, 0.15) is 18.3 Å². The molecule has 1 atom stereocenters. The molecule has 0 saturated heterocycles. The molecule has 0 aliphatic heterocycles. The van der Waals surface area contributed by atoms with Gasteiger partial charge < -0.3 is 15.0 Å². The number of carbonyl (C=O) groups is 2. The van der Waals surface area contributed by atoms with E-state index in [9.17, 15) is 18.0 Å². The van der Waals surface area contributed by atoms with Crippen LogP contribution in [-0.4, -0.2) is 50.9 Å². The maximum Gasteiger partial charge on any atom is 0.264 e. The van der Waals surface area contributed by atoms with E-state index in [2.05, 4.69) is 5.32 Å². The highest BCUT2D eigenvalue weighted by atomic mass is 35.5. The lowest BCUT2D eigenvalue weighted by atomic mass is 10.1. The van der Waals surface area contributed by atoms with Gasteiger partial charge in [0.05, 0.1) is 17.2 Å². The molecule has 41 heavy (non-hydrogen) atoms. The summed E-state index contributed by atoms with van der Waals surface area (Å²) in [6, 6.07) is 19.1. The molecular weight excluding hydrogens is 562 g/mol. The number of nitrogens with one attached hydrogen (secondary N) is 1. The average molecular weight is 600 g/mol. The van der Waals surface area contributed by atoms with Crippen molar-refractivity contribution in [2.24, 2.45) is 5.92 Å². The van der Waals surface area contributed by atoms with E-state index in [1.807, 2.05) is 45.0 Å². The first kappa shape index (κ1) is 32.0. The quantitative estimate of drug-likeness (QED) is 0.283. The highest BCUT2D eigenvalue weighted by Gasteiger charge is 2.34. The predicted molar refractivity (Wildman–Crippen MR) is 163 cm³/mol. The molecule has 8 nitrogen and oxygen atoms in total. The van der Waals surface area contributed by atoms with E-state index in [4.69, 9.17) is 16.3 Å². The number of aryl methyl sites for hydroxylation is 1. The van der Waals surface area contributed by atoms with Crippen LogP contribution in [0.25, 0.3) is 0 Å². The van der Waals surface area contributed by atoms with Gasteiger partial charge in [-0.05, 0) is 74.2 Å². The normalized spacial score (nSPS) is 12.1. The van der Waals surface area contributed by atoms with E-state index < -0.39 is 28.5 Å². The average Bonchev–Trinajstić information content (AvgIpc) is 2.94. The number of hydrogen-bond donors (Lipinski definition) is 1. The molecule has 0 aliphatic carbocycles. The molecule has 1 N–H and O–H groups in total. The molecule has 220 valence electrons. The number of carbonyl (C=O) groups excluding carboxylic acids is 2. The molecule has 0 bridgehead atoms. The Labute approximate surface area is 248 Å². The molecule has 0 saturated carbocycles. The largest absolute Gasteiger partial charge is 0.492 e. The van der Waals surface area contributed by atoms with E-state index in [1.54, 1.807) is 38.1 Å². The summed E-state index contributed by atoms with van der Waals surface area (Å²) in [6.07, 6.45) is 0. The minimum Gasteiger partial charge on any atom is -0.492 e. The third-order valence-corrected chi connectivity index (χ3v) is 8.59. The van der Waals surface area contributed by atoms with Crippen LogP contribution in [-0.2, 0) is 26.2 Å². The van der Waals surface area contributed by atoms with Gasteiger partial charge in [0.25, 0.3) is 10.0 Å².